The van der Waals surface area contributed by atoms with Crippen molar-refractivity contribution in [2.24, 2.45) is 5.73 Å². The summed E-state index contributed by atoms with van der Waals surface area (Å²) in [5.41, 5.74) is 2.18. The number of rotatable bonds is 8. The van der Waals surface area contributed by atoms with Gasteiger partial charge in [-0.05, 0) is 37.1 Å². The van der Waals surface area contributed by atoms with Crippen molar-refractivity contribution in [3.05, 3.63) is 68.6 Å². The molecule has 0 aliphatic heterocycles. The lowest BCUT2D eigenvalue weighted by Crippen LogP contribution is -2.30. The number of hydrogen-bond acceptors (Lipinski definition) is 5. The third kappa shape index (κ3) is 5.65. The van der Waals surface area contributed by atoms with Gasteiger partial charge < -0.3 is 15.9 Å². The molecule has 1 aliphatic carbocycles. The number of hydrogen-bond donors (Lipinski definition) is 3. The first-order chi connectivity index (χ1) is 18.7. The fraction of sp³-hybridized carbons (Fsp3) is 0.182. The van der Waals surface area contributed by atoms with Crippen molar-refractivity contribution in [3.8, 4) is 5.69 Å². The molecular weight excluding hydrogens is 637 g/mol. The van der Waals surface area contributed by atoms with Crippen LogP contribution in [-0.2, 0) is 21.6 Å². The summed E-state index contributed by atoms with van der Waals surface area (Å²) in [6.07, 6.45) is -0.663. The number of nitrogens with one attached hydrogen (secondary N) is 2. The number of benzene rings is 2. The van der Waals surface area contributed by atoms with Crippen LogP contribution in [0.15, 0.2) is 29.2 Å². The number of aromatic nitrogens is 2. The molecule has 8 nitrogen and oxygen atoms in total. The van der Waals surface area contributed by atoms with Gasteiger partial charge in [0.2, 0.25) is 5.91 Å². The highest BCUT2D eigenvalue weighted by molar-refractivity contribution is 8.45. The van der Waals surface area contributed by atoms with Crippen LogP contribution in [0, 0.1) is 22.9 Å². The molecule has 3 aromatic rings. The molecule has 1 heterocycles. The van der Waals surface area contributed by atoms with Crippen LogP contribution in [0.3, 0.4) is 0 Å². The molecule has 1 saturated carbocycles. The second-order valence-electron chi connectivity index (χ2n) is 8.85. The maximum absolute atomic E-state index is 14.0. The maximum Gasteiger partial charge on any atom is 0.413 e. The summed E-state index contributed by atoms with van der Waals surface area (Å²) < 4.78 is 113. The Labute approximate surface area is 234 Å². The number of nitrogens with two attached hydrogens (primary N) is 1. The fourth-order valence-corrected chi connectivity index (χ4v) is 5.41. The Hall–Kier alpha value is -3.57. The monoisotopic (exact) mass is 651 g/mol. The van der Waals surface area contributed by atoms with Gasteiger partial charge in [-0.2, -0.15) is 5.10 Å². The summed E-state index contributed by atoms with van der Waals surface area (Å²) in [5.74, 6) is -6.48. The van der Waals surface area contributed by atoms with Crippen LogP contribution in [0.2, 0.25) is 10.0 Å². The van der Waals surface area contributed by atoms with Crippen molar-refractivity contribution in [2.75, 3.05) is 5.32 Å². The first kappa shape index (κ1) is 30.4. The number of ether oxygens (including phenoxy) is 1. The van der Waals surface area contributed by atoms with E-state index in [9.17, 15) is 42.2 Å². The van der Waals surface area contributed by atoms with Crippen LogP contribution >= 0.6 is 33.4 Å². The molecule has 41 heavy (non-hydrogen) atoms. The molecule has 1 aromatic heterocycles. The first-order valence-corrected chi connectivity index (χ1v) is 13.6. The average molecular weight is 652 g/mol. The summed E-state index contributed by atoms with van der Waals surface area (Å²) >= 11 is 11.9. The van der Waals surface area contributed by atoms with Gasteiger partial charge in [-0.1, -0.05) is 42.6 Å². The lowest BCUT2D eigenvalue weighted by Gasteiger charge is -2.40. The lowest BCUT2D eigenvalue weighted by atomic mass is 9.94. The molecule has 0 bridgehead atoms. The predicted molar refractivity (Wildman–Crippen MR) is 133 cm³/mol. The van der Waals surface area contributed by atoms with Crippen molar-refractivity contribution in [3.63, 3.8) is 0 Å². The molecule has 0 radical (unpaired) electrons. The minimum Gasteiger partial charge on any atom is -0.444 e. The number of primary amides is 1. The number of nitrogens with zero attached hydrogens (tertiary/aromatic N) is 2. The van der Waals surface area contributed by atoms with E-state index in [1.54, 1.807) is 0 Å². The Morgan fingerprint density at radius 2 is 1.68 bits per heavy atom. The number of carbonyl (C=O) groups excluding carboxylic acids is 2. The Morgan fingerprint density at radius 3 is 2.17 bits per heavy atom. The summed E-state index contributed by atoms with van der Waals surface area (Å²) in [4.78, 5) is 22.6. The van der Waals surface area contributed by atoms with Crippen molar-refractivity contribution >= 4 is 57.5 Å². The molecule has 4 N–H and O–H groups in total. The Morgan fingerprint density at radius 1 is 1.10 bits per heavy atom. The van der Waals surface area contributed by atoms with Gasteiger partial charge in [-0.25, -0.2) is 22.6 Å². The Bertz CT molecular complexity index is 1620. The van der Waals surface area contributed by atoms with Gasteiger partial charge >= 0.3 is 16.3 Å². The molecule has 0 unspecified atom stereocenters. The Kier molecular flexibility index (Phi) is 6.83. The topological polar surface area (TPSA) is 123 Å². The number of halogens is 10. The molecule has 4 rings (SSSR count). The number of anilines is 1. The maximum atomic E-state index is 14.0. The van der Waals surface area contributed by atoms with Crippen LogP contribution in [-0.4, -0.2) is 28.0 Å². The number of carbonyl (C=O) groups is 2. The predicted octanol–water partition coefficient (Wildman–Crippen LogP) is 7.52. The molecule has 0 spiro atoms. The normalized spacial score (nSPS) is 16.0. The molecule has 2 aromatic carbocycles. The molecule has 1 aliphatic rings. The zero-order valence-electron chi connectivity index (χ0n) is 19.9. The molecule has 19 heteroatoms. The average Bonchev–Trinajstić information content (AvgIpc) is 3.58. The fourth-order valence-electron chi connectivity index (χ4n) is 3.95. The zero-order chi connectivity index (χ0) is 30.8. The lowest BCUT2D eigenvalue weighted by molar-refractivity contribution is -0.120. The quantitative estimate of drug-likeness (QED) is 0.132. The molecule has 222 valence electrons. The van der Waals surface area contributed by atoms with Crippen molar-refractivity contribution < 1.29 is 46.9 Å². The first-order valence-electron chi connectivity index (χ1n) is 10.9. The Balaban J connectivity index is 1.83. The summed E-state index contributed by atoms with van der Waals surface area (Å²) in [6.45, 7) is -0.948. The molecular formula is C22H15Cl2F8N5O3S. The zero-order valence-corrected chi connectivity index (χ0v) is 22.2. The standard InChI is InChI=1S/C22H15Cl2F8N5O3S/c23-11-5-10(41(28,29,30,31)32)6-12(24)18(11)37-19(15(14(7-33)36-37)22(3-4-22)20(34)38)35-21(39)40-8-9-1-2-13(25)17(27)16(9)26/h1-2,5-7,33H,3-4,8H2,(H2,34,38)(H,35,39). The largest absolute Gasteiger partial charge is 0.444 e. The minimum absolute atomic E-state index is 0.0866. The van der Waals surface area contributed by atoms with Gasteiger partial charge in [0.15, 0.2) is 17.5 Å². The second kappa shape index (κ2) is 9.22. The smallest absolute Gasteiger partial charge is 0.413 e. The van der Waals surface area contributed by atoms with Crippen molar-refractivity contribution in [1.29, 1.82) is 5.41 Å². The molecule has 1 fully saturated rings. The summed E-state index contributed by atoms with van der Waals surface area (Å²) in [6, 6.07) is 1.12. The van der Waals surface area contributed by atoms with E-state index in [-0.39, 0.29) is 36.2 Å². The highest BCUT2D eigenvalue weighted by Crippen LogP contribution is 3.02. The van der Waals surface area contributed by atoms with Crippen LogP contribution in [0.25, 0.3) is 5.69 Å². The van der Waals surface area contributed by atoms with E-state index >= 15 is 0 Å². The van der Waals surface area contributed by atoms with E-state index in [1.807, 2.05) is 0 Å². The number of amides is 2. The van der Waals surface area contributed by atoms with E-state index in [2.05, 4.69) is 10.4 Å². The van der Waals surface area contributed by atoms with Gasteiger partial charge in [0.05, 0.1) is 15.5 Å². The van der Waals surface area contributed by atoms with E-state index in [1.165, 1.54) is 0 Å². The molecule has 2 amide bonds. The van der Waals surface area contributed by atoms with Gasteiger partial charge in [0.25, 0.3) is 0 Å². The third-order valence-electron chi connectivity index (χ3n) is 6.09. The van der Waals surface area contributed by atoms with Gasteiger partial charge in [-0.15, -0.1) is 0 Å². The van der Waals surface area contributed by atoms with E-state index < -0.39 is 83.7 Å². The van der Waals surface area contributed by atoms with Gasteiger partial charge in [0, 0.05) is 17.3 Å². The third-order valence-corrected chi connectivity index (χ3v) is 7.79. The molecule has 0 saturated heterocycles. The summed E-state index contributed by atoms with van der Waals surface area (Å²) in [5, 5.41) is 11.7. The van der Waals surface area contributed by atoms with Gasteiger partial charge in [-0.3, -0.25) is 10.1 Å². The van der Waals surface area contributed by atoms with E-state index in [0.717, 1.165) is 6.07 Å². The van der Waals surface area contributed by atoms with Crippen molar-refractivity contribution in [1.82, 2.24) is 9.78 Å². The van der Waals surface area contributed by atoms with Crippen LogP contribution < -0.4 is 11.1 Å². The highest BCUT2D eigenvalue weighted by Gasteiger charge is 2.65. The minimum atomic E-state index is -10.3. The summed E-state index contributed by atoms with van der Waals surface area (Å²) in [7, 11) is -10.3. The van der Waals surface area contributed by atoms with Crippen molar-refractivity contribution in [2.45, 2.75) is 29.8 Å². The molecule has 0 atom stereocenters. The van der Waals surface area contributed by atoms with Crippen LogP contribution in [0.1, 0.15) is 29.7 Å². The highest BCUT2D eigenvalue weighted by atomic mass is 35.5. The van der Waals surface area contributed by atoms with Crippen LogP contribution in [0.5, 0.6) is 0 Å². The second-order valence-corrected chi connectivity index (χ2v) is 12.1. The van der Waals surface area contributed by atoms with E-state index in [4.69, 9.17) is 39.1 Å². The van der Waals surface area contributed by atoms with Crippen LogP contribution in [0.4, 0.5) is 43.2 Å². The van der Waals surface area contributed by atoms with Gasteiger partial charge in [0.1, 0.15) is 28.7 Å². The SMILES string of the molecule is N=Cc1nn(-c2c(Cl)cc(S(F)(F)(F)(F)F)cc2Cl)c(NC(=O)OCc2ccc(F)c(F)c2F)c1C1(C(N)=O)CC1. The van der Waals surface area contributed by atoms with E-state index in [0.29, 0.717) is 17.0 Å².